The van der Waals surface area contributed by atoms with Crippen molar-refractivity contribution < 1.29 is 14.7 Å². The third kappa shape index (κ3) is 2.67. The van der Waals surface area contributed by atoms with E-state index in [1.54, 1.807) is 18.7 Å². The Balaban J connectivity index is 1.97. The number of amides is 1. The molecule has 1 aliphatic heterocycles. The van der Waals surface area contributed by atoms with E-state index in [4.69, 9.17) is 5.11 Å². The molecule has 96 valence electrons. The van der Waals surface area contributed by atoms with Crippen molar-refractivity contribution in [3.63, 3.8) is 0 Å². The van der Waals surface area contributed by atoms with Gasteiger partial charge in [-0.3, -0.25) is 9.59 Å². The number of carboxylic acid groups (broad SMARTS) is 1. The topological polar surface area (TPSA) is 66.4 Å². The molecule has 4 nitrogen and oxygen atoms in total. The zero-order chi connectivity index (χ0) is 13.1. The van der Waals surface area contributed by atoms with E-state index in [1.807, 2.05) is 24.3 Å². The number of thioether (sulfide) groups is 1. The van der Waals surface area contributed by atoms with Crippen LogP contribution in [0.25, 0.3) is 0 Å². The van der Waals surface area contributed by atoms with Crippen LogP contribution in [0.15, 0.2) is 29.2 Å². The molecule has 0 saturated heterocycles. The molecule has 0 bridgehead atoms. The first kappa shape index (κ1) is 13.0. The average Bonchev–Trinajstić information content (AvgIpc) is 2.79. The monoisotopic (exact) mass is 265 g/mol. The lowest BCUT2D eigenvalue weighted by Gasteiger charge is -2.13. The van der Waals surface area contributed by atoms with Gasteiger partial charge < -0.3 is 10.4 Å². The largest absolute Gasteiger partial charge is 0.481 e. The van der Waals surface area contributed by atoms with Gasteiger partial charge in [0.25, 0.3) is 0 Å². The third-order valence-electron chi connectivity index (χ3n) is 3.02. The minimum atomic E-state index is -0.892. The molecule has 0 fully saturated rings. The van der Waals surface area contributed by atoms with Crippen molar-refractivity contribution in [3.05, 3.63) is 29.8 Å². The van der Waals surface area contributed by atoms with Crippen molar-refractivity contribution in [3.8, 4) is 0 Å². The minimum Gasteiger partial charge on any atom is -0.481 e. The summed E-state index contributed by atoms with van der Waals surface area (Å²) in [5.74, 6) is -0.963. The molecular weight excluding hydrogens is 250 g/mol. The Morgan fingerprint density at radius 1 is 1.50 bits per heavy atom. The van der Waals surface area contributed by atoms with Crippen molar-refractivity contribution >= 4 is 23.6 Å². The van der Waals surface area contributed by atoms with Crippen molar-refractivity contribution in [2.75, 3.05) is 12.3 Å². The predicted octanol–water partition coefficient (Wildman–Crippen LogP) is 1.71. The first-order chi connectivity index (χ1) is 8.59. The summed E-state index contributed by atoms with van der Waals surface area (Å²) in [5.41, 5.74) is 1.04. The molecule has 18 heavy (non-hydrogen) atoms. The van der Waals surface area contributed by atoms with Gasteiger partial charge in [-0.25, -0.2) is 0 Å². The van der Waals surface area contributed by atoms with Crippen LogP contribution in [0, 0.1) is 5.92 Å². The van der Waals surface area contributed by atoms with E-state index in [-0.39, 0.29) is 18.4 Å². The molecule has 2 rings (SSSR count). The van der Waals surface area contributed by atoms with Gasteiger partial charge in [-0.15, -0.1) is 11.8 Å². The summed E-state index contributed by atoms with van der Waals surface area (Å²) in [5, 5.41) is 11.5. The Bertz CT molecular complexity index is 475. The first-order valence-electron chi connectivity index (χ1n) is 5.82. The van der Waals surface area contributed by atoms with E-state index in [0.717, 1.165) is 16.2 Å². The number of hydrogen-bond acceptors (Lipinski definition) is 3. The minimum absolute atomic E-state index is 0.0828. The highest BCUT2D eigenvalue weighted by atomic mass is 32.2. The van der Waals surface area contributed by atoms with Crippen LogP contribution >= 0.6 is 11.8 Å². The van der Waals surface area contributed by atoms with Gasteiger partial charge in [0.2, 0.25) is 5.91 Å². The van der Waals surface area contributed by atoms with Crippen molar-refractivity contribution in [2.45, 2.75) is 17.7 Å². The van der Waals surface area contributed by atoms with Crippen molar-refractivity contribution in [1.82, 2.24) is 5.32 Å². The molecule has 1 amide bonds. The fourth-order valence-corrected chi connectivity index (χ4v) is 3.07. The van der Waals surface area contributed by atoms with E-state index in [0.29, 0.717) is 0 Å². The number of aliphatic carboxylic acids is 1. The number of carbonyl (C=O) groups is 2. The van der Waals surface area contributed by atoms with E-state index >= 15 is 0 Å². The van der Waals surface area contributed by atoms with Gasteiger partial charge in [0.1, 0.15) is 0 Å². The summed E-state index contributed by atoms with van der Waals surface area (Å²) in [6.45, 7) is 1.76. The molecule has 1 heterocycles. The maximum absolute atomic E-state index is 12.0. The van der Waals surface area contributed by atoms with E-state index in [1.165, 1.54) is 0 Å². The van der Waals surface area contributed by atoms with Crippen LogP contribution in [0.4, 0.5) is 0 Å². The number of fused-ring (bicyclic) bond motifs is 1. The molecule has 0 spiro atoms. The zero-order valence-corrected chi connectivity index (χ0v) is 10.9. The van der Waals surface area contributed by atoms with Crippen LogP contribution < -0.4 is 5.32 Å². The van der Waals surface area contributed by atoms with Gasteiger partial charge in [0, 0.05) is 17.2 Å². The molecule has 0 aliphatic carbocycles. The molecule has 5 heteroatoms. The van der Waals surface area contributed by atoms with E-state index in [2.05, 4.69) is 5.32 Å². The second-order valence-electron chi connectivity index (χ2n) is 4.39. The standard InChI is InChI=1S/C13H15NO3S/c1-8(13(16)17)6-14-12(15)10-7-18-11-5-3-2-4-9(10)11/h2-5,8,10H,6-7H2,1H3,(H,14,15)(H,16,17)/t8-,10-/m1/s1. The van der Waals surface area contributed by atoms with Crippen LogP contribution in [0.2, 0.25) is 0 Å². The van der Waals surface area contributed by atoms with Gasteiger partial charge in [-0.1, -0.05) is 25.1 Å². The molecular formula is C13H15NO3S. The molecule has 1 aliphatic rings. The molecule has 2 atom stereocenters. The number of carbonyl (C=O) groups excluding carboxylic acids is 1. The average molecular weight is 265 g/mol. The summed E-state index contributed by atoms with van der Waals surface area (Å²) in [6.07, 6.45) is 0. The maximum atomic E-state index is 12.0. The Morgan fingerprint density at radius 3 is 2.94 bits per heavy atom. The lowest BCUT2D eigenvalue weighted by molar-refractivity contribution is -0.141. The second-order valence-corrected chi connectivity index (χ2v) is 5.45. The normalized spacial score (nSPS) is 19.1. The number of benzene rings is 1. The highest BCUT2D eigenvalue weighted by Crippen LogP contribution is 2.39. The van der Waals surface area contributed by atoms with Gasteiger partial charge in [-0.2, -0.15) is 0 Å². The van der Waals surface area contributed by atoms with Crippen LogP contribution in [0.5, 0.6) is 0 Å². The maximum Gasteiger partial charge on any atom is 0.308 e. The number of nitrogens with one attached hydrogen (secondary N) is 1. The molecule has 2 N–H and O–H groups in total. The Kier molecular flexibility index (Phi) is 3.91. The Hall–Kier alpha value is -1.49. The first-order valence-corrected chi connectivity index (χ1v) is 6.80. The summed E-state index contributed by atoms with van der Waals surface area (Å²) in [4.78, 5) is 23.8. The van der Waals surface area contributed by atoms with E-state index < -0.39 is 11.9 Å². The van der Waals surface area contributed by atoms with Crippen LogP contribution in [0.1, 0.15) is 18.4 Å². The van der Waals surface area contributed by atoms with Crippen molar-refractivity contribution in [1.29, 1.82) is 0 Å². The Morgan fingerprint density at radius 2 is 2.22 bits per heavy atom. The molecule has 0 radical (unpaired) electrons. The molecule has 0 unspecified atom stereocenters. The molecule has 0 aromatic heterocycles. The lowest BCUT2D eigenvalue weighted by Crippen LogP contribution is -2.35. The zero-order valence-electron chi connectivity index (χ0n) is 10.1. The quantitative estimate of drug-likeness (QED) is 0.870. The van der Waals surface area contributed by atoms with Crippen LogP contribution in [0.3, 0.4) is 0 Å². The van der Waals surface area contributed by atoms with E-state index in [9.17, 15) is 9.59 Å². The van der Waals surface area contributed by atoms with Gasteiger partial charge in [0.05, 0.1) is 11.8 Å². The van der Waals surface area contributed by atoms with Gasteiger partial charge in [0.15, 0.2) is 0 Å². The van der Waals surface area contributed by atoms with Crippen LogP contribution in [-0.4, -0.2) is 29.3 Å². The molecule has 0 saturated carbocycles. The summed E-state index contributed by atoms with van der Waals surface area (Å²) in [7, 11) is 0. The fourth-order valence-electron chi connectivity index (χ4n) is 1.84. The van der Waals surface area contributed by atoms with Gasteiger partial charge >= 0.3 is 5.97 Å². The summed E-state index contributed by atoms with van der Waals surface area (Å²) in [6, 6.07) is 7.84. The Labute approximate surface area is 110 Å². The summed E-state index contributed by atoms with van der Waals surface area (Å²) < 4.78 is 0. The van der Waals surface area contributed by atoms with Gasteiger partial charge in [-0.05, 0) is 11.6 Å². The van der Waals surface area contributed by atoms with Crippen LogP contribution in [-0.2, 0) is 9.59 Å². The second kappa shape index (κ2) is 5.44. The predicted molar refractivity (Wildman–Crippen MR) is 69.7 cm³/mol. The number of hydrogen-bond donors (Lipinski definition) is 2. The highest BCUT2D eigenvalue weighted by molar-refractivity contribution is 7.99. The highest BCUT2D eigenvalue weighted by Gasteiger charge is 2.29. The molecule has 1 aromatic carbocycles. The SMILES string of the molecule is C[C@H](CNC(=O)[C@@H]1CSc2ccccc21)C(=O)O. The fraction of sp³-hybridized carbons (Fsp3) is 0.385. The number of carboxylic acids is 1. The third-order valence-corrected chi connectivity index (χ3v) is 4.20. The molecule has 1 aromatic rings. The summed E-state index contributed by atoms with van der Waals surface area (Å²) >= 11 is 1.67. The van der Waals surface area contributed by atoms with Crippen molar-refractivity contribution in [2.24, 2.45) is 5.92 Å². The number of rotatable bonds is 4. The smallest absolute Gasteiger partial charge is 0.308 e. The lowest BCUT2D eigenvalue weighted by atomic mass is 10.0.